The predicted molar refractivity (Wildman–Crippen MR) is 89.3 cm³/mol. The summed E-state index contributed by atoms with van der Waals surface area (Å²) in [5.41, 5.74) is 3.35. The van der Waals surface area contributed by atoms with Crippen LogP contribution in [0.3, 0.4) is 0 Å². The van der Waals surface area contributed by atoms with Gasteiger partial charge in [-0.2, -0.15) is 4.98 Å². The molecule has 0 aliphatic heterocycles. The zero-order valence-corrected chi connectivity index (χ0v) is 13.6. The molecule has 4 nitrogen and oxygen atoms in total. The van der Waals surface area contributed by atoms with E-state index in [1.807, 2.05) is 36.4 Å². The van der Waals surface area contributed by atoms with Crippen LogP contribution in [0.5, 0.6) is 5.75 Å². The number of hydrogen-bond acceptors (Lipinski definition) is 4. The van der Waals surface area contributed by atoms with E-state index < -0.39 is 0 Å². The summed E-state index contributed by atoms with van der Waals surface area (Å²) in [5.74, 6) is 2.35. The van der Waals surface area contributed by atoms with Crippen LogP contribution in [-0.2, 0) is 6.61 Å². The van der Waals surface area contributed by atoms with Crippen molar-refractivity contribution in [2.24, 2.45) is 0 Å². The second-order valence-electron chi connectivity index (χ2n) is 5.90. The molecule has 0 aliphatic rings. The van der Waals surface area contributed by atoms with Crippen molar-refractivity contribution >= 4 is 0 Å². The van der Waals surface area contributed by atoms with Crippen LogP contribution in [0.2, 0.25) is 0 Å². The van der Waals surface area contributed by atoms with Gasteiger partial charge < -0.3 is 9.26 Å². The van der Waals surface area contributed by atoms with Crippen molar-refractivity contribution in [2.45, 2.75) is 33.3 Å². The molecule has 118 valence electrons. The largest absolute Gasteiger partial charge is 0.485 e. The highest BCUT2D eigenvalue weighted by molar-refractivity contribution is 5.51. The fourth-order valence-corrected chi connectivity index (χ4v) is 2.35. The maximum Gasteiger partial charge on any atom is 0.258 e. The molecule has 23 heavy (non-hydrogen) atoms. The van der Waals surface area contributed by atoms with Gasteiger partial charge in [0.25, 0.3) is 5.89 Å². The molecular weight excluding hydrogens is 288 g/mol. The molecule has 3 rings (SSSR count). The lowest BCUT2D eigenvalue weighted by Gasteiger charge is -2.10. The number of nitrogens with zero attached hydrogens (tertiary/aromatic N) is 2. The molecule has 0 radical (unpaired) electrons. The molecule has 0 aliphatic carbocycles. The van der Waals surface area contributed by atoms with Crippen molar-refractivity contribution < 1.29 is 9.26 Å². The topological polar surface area (TPSA) is 48.2 Å². The van der Waals surface area contributed by atoms with Gasteiger partial charge in [-0.3, -0.25) is 0 Å². The third-order valence-corrected chi connectivity index (χ3v) is 3.60. The van der Waals surface area contributed by atoms with E-state index in [0.29, 0.717) is 17.6 Å². The SMILES string of the molecule is Cc1cc(OCc2noc(-c3ccccc3)n2)cc(C(C)C)c1. The van der Waals surface area contributed by atoms with Crippen LogP contribution in [0.25, 0.3) is 11.5 Å². The Morgan fingerprint density at radius 3 is 2.61 bits per heavy atom. The number of hydrogen-bond donors (Lipinski definition) is 0. The molecule has 2 aromatic carbocycles. The average Bonchev–Trinajstić information content (AvgIpc) is 3.02. The summed E-state index contributed by atoms with van der Waals surface area (Å²) in [6.07, 6.45) is 0. The molecule has 1 heterocycles. The summed E-state index contributed by atoms with van der Waals surface area (Å²) < 4.78 is 11.1. The van der Waals surface area contributed by atoms with Crippen LogP contribution in [0.15, 0.2) is 53.1 Å². The normalized spacial score (nSPS) is 11.0. The van der Waals surface area contributed by atoms with Crippen LogP contribution in [-0.4, -0.2) is 10.1 Å². The number of aromatic nitrogens is 2. The van der Waals surface area contributed by atoms with Crippen molar-refractivity contribution in [1.29, 1.82) is 0 Å². The van der Waals surface area contributed by atoms with Crippen LogP contribution in [0.1, 0.15) is 36.7 Å². The molecule has 0 N–H and O–H groups in total. The molecule has 0 unspecified atom stereocenters. The highest BCUT2D eigenvalue weighted by Gasteiger charge is 2.10. The Hall–Kier alpha value is -2.62. The van der Waals surface area contributed by atoms with Crippen LogP contribution < -0.4 is 4.74 Å². The predicted octanol–water partition coefficient (Wildman–Crippen LogP) is 4.75. The minimum atomic E-state index is 0.289. The van der Waals surface area contributed by atoms with Gasteiger partial charge in [-0.15, -0.1) is 0 Å². The van der Waals surface area contributed by atoms with E-state index in [1.54, 1.807) is 0 Å². The fourth-order valence-electron chi connectivity index (χ4n) is 2.35. The van der Waals surface area contributed by atoms with Crippen LogP contribution in [0, 0.1) is 6.92 Å². The maximum absolute atomic E-state index is 5.83. The second-order valence-corrected chi connectivity index (χ2v) is 5.90. The molecule has 0 bridgehead atoms. The molecule has 0 saturated carbocycles. The Morgan fingerprint density at radius 2 is 1.87 bits per heavy atom. The minimum absolute atomic E-state index is 0.289. The van der Waals surface area contributed by atoms with Gasteiger partial charge in [-0.05, 0) is 48.2 Å². The fraction of sp³-hybridized carbons (Fsp3) is 0.263. The first-order valence-electron chi connectivity index (χ1n) is 7.74. The monoisotopic (exact) mass is 308 g/mol. The smallest absolute Gasteiger partial charge is 0.258 e. The number of ether oxygens (including phenoxy) is 1. The Balaban J connectivity index is 1.71. The van der Waals surface area contributed by atoms with Crippen molar-refractivity contribution in [3.05, 3.63) is 65.5 Å². The van der Waals surface area contributed by atoms with Gasteiger partial charge in [0.05, 0.1) is 0 Å². The molecule has 4 heteroatoms. The Labute approximate surface area is 136 Å². The Morgan fingerprint density at radius 1 is 1.09 bits per heavy atom. The zero-order valence-electron chi connectivity index (χ0n) is 13.6. The average molecular weight is 308 g/mol. The van der Waals surface area contributed by atoms with Crippen molar-refractivity contribution in [1.82, 2.24) is 10.1 Å². The van der Waals surface area contributed by atoms with E-state index in [-0.39, 0.29) is 6.61 Å². The molecular formula is C19H20N2O2. The number of rotatable bonds is 5. The quantitative estimate of drug-likeness (QED) is 0.682. The Kier molecular flexibility index (Phi) is 4.42. The van der Waals surface area contributed by atoms with E-state index in [9.17, 15) is 0 Å². The number of aryl methyl sites for hydroxylation is 1. The third kappa shape index (κ3) is 3.77. The summed E-state index contributed by atoms with van der Waals surface area (Å²) in [4.78, 5) is 4.37. The molecule has 3 aromatic rings. The van der Waals surface area contributed by atoms with Gasteiger partial charge in [0.2, 0.25) is 5.82 Å². The summed E-state index contributed by atoms with van der Waals surface area (Å²) in [7, 11) is 0. The second kappa shape index (κ2) is 6.65. The molecule has 1 aromatic heterocycles. The lowest BCUT2D eigenvalue weighted by atomic mass is 10.0. The van der Waals surface area contributed by atoms with Gasteiger partial charge in [0, 0.05) is 5.56 Å². The van der Waals surface area contributed by atoms with Gasteiger partial charge in [0.15, 0.2) is 6.61 Å². The lowest BCUT2D eigenvalue weighted by Crippen LogP contribution is -1.99. The first-order valence-corrected chi connectivity index (χ1v) is 7.74. The van der Waals surface area contributed by atoms with E-state index >= 15 is 0 Å². The van der Waals surface area contributed by atoms with Gasteiger partial charge in [0.1, 0.15) is 5.75 Å². The van der Waals surface area contributed by atoms with Crippen molar-refractivity contribution in [3.8, 4) is 17.2 Å². The molecule has 0 amide bonds. The summed E-state index contributed by atoms with van der Waals surface area (Å²) >= 11 is 0. The van der Waals surface area contributed by atoms with Crippen LogP contribution >= 0.6 is 0 Å². The highest BCUT2D eigenvalue weighted by Crippen LogP contribution is 2.23. The Bertz CT molecular complexity index is 779. The zero-order chi connectivity index (χ0) is 16.2. The molecule has 0 atom stereocenters. The summed E-state index contributed by atoms with van der Waals surface area (Å²) in [5, 5.41) is 3.98. The summed E-state index contributed by atoms with van der Waals surface area (Å²) in [6, 6.07) is 16.0. The van der Waals surface area contributed by atoms with Gasteiger partial charge in [-0.1, -0.05) is 43.3 Å². The highest BCUT2D eigenvalue weighted by atomic mass is 16.5. The van der Waals surface area contributed by atoms with E-state index in [4.69, 9.17) is 9.26 Å². The van der Waals surface area contributed by atoms with Gasteiger partial charge in [-0.25, -0.2) is 0 Å². The first kappa shape index (κ1) is 15.3. The standard InChI is InChI=1S/C19H20N2O2/c1-13(2)16-9-14(3)10-17(11-16)22-12-18-20-19(23-21-18)15-7-5-4-6-8-15/h4-11,13H,12H2,1-3H3. The van der Waals surface area contributed by atoms with E-state index in [1.165, 1.54) is 11.1 Å². The molecule has 0 spiro atoms. The number of benzene rings is 2. The minimum Gasteiger partial charge on any atom is -0.485 e. The molecule has 0 fully saturated rings. The molecule has 0 saturated heterocycles. The van der Waals surface area contributed by atoms with Crippen molar-refractivity contribution in [3.63, 3.8) is 0 Å². The maximum atomic E-state index is 5.83. The lowest BCUT2D eigenvalue weighted by molar-refractivity contribution is 0.286. The third-order valence-electron chi connectivity index (χ3n) is 3.60. The van der Waals surface area contributed by atoms with E-state index in [0.717, 1.165) is 11.3 Å². The van der Waals surface area contributed by atoms with Crippen LogP contribution in [0.4, 0.5) is 0 Å². The first-order chi connectivity index (χ1) is 11.1. The van der Waals surface area contributed by atoms with Gasteiger partial charge >= 0.3 is 0 Å². The van der Waals surface area contributed by atoms with E-state index in [2.05, 4.69) is 43.0 Å². The van der Waals surface area contributed by atoms with Crippen molar-refractivity contribution in [2.75, 3.05) is 0 Å². The summed E-state index contributed by atoms with van der Waals surface area (Å²) in [6.45, 7) is 6.70.